The highest BCUT2D eigenvalue weighted by atomic mass is 15.3. The van der Waals surface area contributed by atoms with Crippen molar-refractivity contribution in [2.24, 2.45) is 0 Å². The molecule has 1 N–H and O–H groups in total. The Labute approximate surface area is 124 Å². The molecular formula is C17H29N3. The molecule has 2 atom stereocenters. The molecule has 3 heteroatoms. The van der Waals surface area contributed by atoms with Gasteiger partial charge in [-0.05, 0) is 33.0 Å². The lowest BCUT2D eigenvalue weighted by Gasteiger charge is -2.40. The summed E-state index contributed by atoms with van der Waals surface area (Å²) >= 11 is 0. The van der Waals surface area contributed by atoms with Gasteiger partial charge in [-0.15, -0.1) is 0 Å². The minimum Gasteiger partial charge on any atom is -0.309 e. The smallest absolute Gasteiger partial charge is 0.0449 e. The topological polar surface area (TPSA) is 18.5 Å². The zero-order valence-electron chi connectivity index (χ0n) is 13.4. The molecule has 1 aliphatic heterocycles. The van der Waals surface area contributed by atoms with Crippen LogP contribution in [0, 0.1) is 6.92 Å². The van der Waals surface area contributed by atoms with Gasteiger partial charge in [-0.1, -0.05) is 36.8 Å². The summed E-state index contributed by atoms with van der Waals surface area (Å²) in [6, 6.07) is 10.0. The highest BCUT2D eigenvalue weighted by Crippen LogP contribution is 2.18. The van der Waals surface area contributed by atoms with Crippen LogP contribution in [0.15, 0.2) is 24.3 Å². The lowest BCUT2D eigenvalue weighted by molar-refractivity contribution is 0.0906. The van der Waals surface area contributed by atoms with Crippen LogP contribution in [0.5, 0.6) is 0 Å². The van der Waals surface area contributed by atoms with Crippen molar-refractivity contribution in [2.45, 2.75) is 32.9 Å². The predicted octanol–water partition coefficient (Wildman–Crippen LogP) is 2.28. The second kappa shape index (κ2) is 7.21. The van der Waals surface area contributed by atoms with Crippen molar-refractivity contribution in [3.63, 3.8) is 0 Å². The molecule has 0 bridgehead atoms. The molecular weight excluding hydrogens is 246 g/mol. The van der Waals surface area contributed by atoms with Gasteiger partial charge in [0.15, 0.2) is 0 Å². The molecule has 0 aromatic heterocycles. The lowest BCUT2D eigenvalue weighted by atomic mass is 10.0. The van der Waals surface area contributed by atoms with Crippen molar-refractivity contribution in [3.05, 3.63) is 35.4 Å². The number of hydrogen-bond donors (Lipinski definition) is 1. The SMILES string of the molecule is CCNC(CN1CCN(C)CC1C)c1ccc(C)cc1. The Kier molecular flexibility index (Phi) is 5.58. The van der Waals surface area contributed by atoms with Crippen molar-refractivity contribution in [1.82, 2.24) is 15.1 Å². The van der Waals surface area contributed by atoms with E-state index in [1.54, 1.807) is 0 Å². The second-order valence-corrected chi connectivity index (χ2v) is 6.13. The van der Waals surface area contributed by atoms with Crippen LogP contribution in [-0.2, 0) is 0 Å². The van der Waals surface area contributed by atoms with E-state index < -0.39 is 0 Å². The average molecular weight is 275 g/mol. The number of likely N-dealkylation sites (N-methyl/N-ethyl adjacent to an activating group) is 2. The van der Waals surface area contributed by atoms with E-state index in [1.165, 1.54) is 30.8 Å². The zero-order valence-corrected chi connectivity index (χ0v) is 13.4. The second-order valence-electron chi connectivity index (χ2n) is 6.13. The Morgan fingerprint density at radius 2 is 1.95 bits per heavy atom. The standard InChI is InChI=1S/C17H29N3/c1-5-18-17(16-8-6-14(2)7-9-16)13-20-11-10-19(4)12-15(20)3/h6-9,15,17-18H,5,10-13H2,1-4H3. The van der Waals surface area contributed by atoms with Crippen LogP contribution in [0.2, 0.25) is 0 Å². The van der Waals surface area contributed by atoms with Crippen LogP contribution in [-0.4, -0.2) is 55.6 Å². The van der Waals surface area contributed by atoms with Crippen LogP contribution in [0.4, 0.5) is 0 Å². The van der Waals surface area contributed by atoms with Gasteiger partial charge in [0, 0.05) is 38.3 Å². The van der Waals surface area contributed by atoms with Gasteiger partial charge in [-0.3, -0.25) is 4.90 Å². The van der Waals surface area contributed by atoms with E-state index in [1.807, 2.05) is 0 Å². The molecule has 1 heterocycles. The van der Waals surface area contributed by atoms with Crippen molar-refractivity contribution in [3.8, 4) is 0 Å². The number of aryl methyl sites for hydroxylation is 1. The van der Waals surface area contributed by atoms with Crippen molar-refractivity contribution >= 4 is 0 Å². The fourth-order valence-electron chi connectivity index (χ4n) is 3.02. The number of nitrogens with zero attached hydrogens (tertiary/aromatic N) is 2. The maximum Gasteiger partial charge on any atom is 0.0449 e. The molecule has 1 fully saturated rings. The first-order valence-electron chi connectivity index (χ1n) is 7.82. The minimum atomic E-state index is 0.437. The molecule has 0 amide bonds. The van der Waals surface area contributed by atoms with Gasteiger partial charge in [0.25, 0.3) is 0 Å². The molecule has 2 unspecified atom stereocenters. The van der Waals surface area contributed by atoms with Gasteiger partial charge >= 0.3 is 0 Å². The molecule has 0 spiro atoms. The summed E-state index contributed by atoms with van der Waals surface area (Å²) in [5.41, 5.74) is 2.74. The first-order chi connectivity index (χ1) is 9.60. The summed E-state index contributed by atoms with van der Waals surface area (Å²) in [5.74, 6) is 0. The highest BCUT2D eigenvalue weighted by molar-refractivity contribution is 5.24. The van der Waals surface area contributed by atoms with E-state index >= 15 is 0 Å². The number of rotatable bonds is 5. The fraction of sp³-hybridized carbons (Fsp3) is 0.647. The molecule has 1 aliphatic rings. The largest absolute Gasteiger partial charge is 0.309 e. The lowest BCUT2D eigenvalue weighted by Crippen LogP contribution is -2.52. The minimum absolute atomic E-state index is 0.437. The molecule has 0 aliphatic carbocycles. The highest BCUT2D eigenvalue weighted by Gasteiger charge is 2.24. The molecule has 2 rings (SSSR count). The van der Waals surface area contributed by atoms with Crippen LogP contribution >= 0.6 is 0 Å². The van der Waals surface area contributed by atoms with Gasteiger partial charge in [-0.2, -0.15) is 0 Å². The molecule has 1 saturated heterocycles. The summed E-state index contributed by atoms with van der Waals surface area (Å²) in [7, 11) is 2.22. The maximum absolute atomic E-state index is 3.64. The Morgan fingerprint density at radius 1 is 1.25 bits per heavy atom. The van der Waals surface area contributed by atoms with Gasteiger partial charge in [0.05, 0.1) is 0 Å². The van der Waals surface area contributed by atoms with Crippen molar-refractivity contribution in [1.29, 1.82) is 0 Å². The number of piperazine rings is 1. The molecule has 20 heavy (non-hydrogen) atoms. The normalized spacial score (nSPS) is 22.9. The Balaban J connectivity index is 2.03. The fourth-order valence-corrected chi connectivity index (χ4v) is 3.02. The third-order valence-corrected chi connectivity index (χ3v) is 4.32. The number of benzene rings is 1. The Bertz CT molecular complexity index is 401. The van der Waals surface area contributed by atoms with Crippen LogP contribution in [0.1, 0.15) is 31.0 Å². The summed E-state index contributed by atoms with van der Waals surface area (Å²) < 4.78 is 0. The third-order valence-electron chi connectivity index (χ3n) is 4.32. The van der Waals surface area contributed by atoms with E-state index in [0.29, 0.717) is 12.1 Å². The first kappa shape index (κ1) is 15.5. The Morgan fingerprint density at radius 3 is 2.55 bits per heavy atom. The van der Waals surface area contributed by atoms with Crippen LogP contribution in [0.3, 0.4) is 0 Å². The zero-order chi connectivity index (χ0) is 14.5. The molecule has 0 radical (unpaired) electrons. The van der Waals surface area contributed by atoms with Crippen LogP contribution < -0.4 is 5.32 Å². The molecule has 3 nitrogen and oxygen atoms in total. The maximum atomic E-state index is 3.64. The first-order valence-corrected chi connectivity index (χ1v) is 7.82. The third kappa shape index (κ3) is 4.05. The Hall–Kier alpha value is -0.900. The summed E-state index contributed by atoms with van der Waals surface area (Å²) in [6.45, 7) is 12.3. The number of hydrogen-bond acceptors (Lipinski definition) is 3. The van der Waals surface area contributed by atoms with Crippen LogP contribution in [0.25, 0.3) is 0 Å². The molecule has 1 aromatic rings. The van der Waals surface area contributed by atoms with E-state index in [0.717, 1.165) is 13.1 Å². The van der Waals surface area contributed by atoms with Gasteiger partial charge < -0.3 is 10.2 Å². The van der Waals surface area contributed by atoms with Crippen molar-refractivity contribution in [2.75, 3.05) is 39.8 Å². The molecule has 112 valence electrons. The van der Waals surface area contributed by atoms with E-state index in [-0.39, 0.29) is 0 Å². The molecule has 1 aromatic carbocycles. The summed E-state index contributed by atoms with van der Waals surface area (Å²) in [6.07, 6.45) is 0. The van der Waals surface area contributed by atoms with E-state index in [4.69, 9.17) is 0 Å². The van der Waals surface area contributed by atoms with E-state index in [9.17, 15) is 0 Å². The van der Waals surface area contributed by atoms with E-state index in [2.05, 4.69) is 67.2 Å². The summed E-state index contributed by atoms with van der Waals surface area (Å²) in [5, 5.41) is 3.64. The quantitative estimate of drug-likeness (QED) is 0.889. The number of nitrogens with one attached hydrogen (secondary N) is 1. The van der Waals surface area contributed by atoms with Gasteiger partial charge in [0.2, 0.25) is 0 Å². The van der Waals surface area contributed by atoms with Gasteiger partial charge in [0.1, 0.15) is 0 Å². The van der Waals surface area contributed by atoms with Crippen molar-refractivity contribution < 1.29 is 0 Å². The average Bonchev–Trinajstić information content (AvgIpc) is 2.42. The van der Waals surface area contributed by atoms with Gasteiger partial charge in [-0.25, -0.2) is 0 Å². The monoisotopic (exact) mass is 275 g/mol. The predicted molar refractivity (Wildman–Crippen MR) is 86.1 cm³/mol. The summed E-state index contributed by atoms with van der Waals surface area (Å²) in [4.78, 5) is 5.04. The molecule has 0 saturated carbocycles.